The molecule has 0 bridgehead atoms. The second-order valence-corrected chi connectivity index (χ2v) is 17.2. The number of nitrogens with zero attached hydrogens (tertiary/aromatic N) is 4. The summed E-state index contributed by atoms with van der Waals surface area (Å²) in [6.07, 6.45) is -6.21. The summed E-state index contributed by atoms with van der Waals surface area (Å²) in [6, 6.07) is 0. The first-order valence-corrected chi connectivity index (χ1v) is 21.0. The number of aliphatic hydroxyl groups is 2. The largest absolute Gasteiger partial charge is 1.00 e. The van der Waals surface area contributed by atoms with E-state index < -0.39 is 84.6 Å². The second kappa shape index (κ2) is 24.9. The number of carbonyl (C=O) groups is 3. The molecule has 2 amide bonds. The number of aromatic nitrogens is 4. The first-order valence-electron chi connectivity index (χ1n) is 15.5. The maximum absolute atomic E-state index is 12.5. The average molecular weight is 904 g/mol. The summed E-state index contributed by atoms with van der Waals surface area (Å²) in [7, 11) is -17.3. The molecule has 31 heteroatoms. The van der Waals surface area contributed by atoms with Crippen molar-refractivity contribution in [1.29, 1.82) is 0 Å². The van der Waals surface area contributed by atoms with Crippen molar-refractivity contribution in [3.63, 3.8) is 0 Å². The number of hydrogen-bond acceptors (Lipinski definition) is 21. The molecule has 7 N–H and O–H groups in total. The minimum atomic E-state index is -5.89. The SMILES string of the molecule is CCCC(=O)SCCNC(=O)CCNC(=O)[C@H](O)C(C)(C)COP(=O)([O-])OP(=O)([O-])OC[C@H]1O[C@@H](n2cnc3c(N)ncnc32)[C@H](O)[C@@H]1OP(=O)([O-])O.[Na+].[Na+].[Na+]. The third kappa shape index (κ3) is 17.9. The quantitative estimate of drug-likeness (QED) is 0.0385. The molecule has 3 unspecified atom stereocenters. The number of aliphatic hydroxyl groups excluding tert-OH is 2. The maximum atomic E-state index is 12.5. The zero-order valence-corrected chi connectivity index (χ0v) is 40.9. The van der Waals surface area contributed by atoms with Crippen molar-refractivity contribution in [3.05, 3.63) is 12.7 Å². The second-order valence-electron chi connectivity index (χ2n) is 12.0. The summed E-state index contributed by atoms with van der Waals surface area (Å²) in [6.45, 7) is 2.06. The van der Waals surface area contributed by atoms with Crippen LogP contribution in [0.1, 0.15) is 46.3 Å². The van der Waals surface area contributed by atoms with E-state index >= 15 is 0 Å². The Morgan fingerprint density at radius 1 is 1.05 bits per heavy atom. The number of rotatable bonds is 21. The number of thioether (sulfide) groups is 1. The number of anilines is 1. The summed E-state index contributed by atoms with van der Waals surface area (Å²) >= 11 is 1.08. The molecule has 8 atom stereocenters. The molecule has 0 aromatic carbocycles. The first kappa shape index (κ1) is 56.6. The molecule has 300 valence electrons. The number of hydrogen-bond donors (Lipinski definition) is 6. The van der Waals surface area contributed by atoms with Crippen molar-refractivity contribution < 1.29 is 169 Å². The van der Waals surface area contributed by atoms with Gasteiger partial charge in [0.05, 0.1) is 19.5 Å². The van der Waals surface area contributed by atoms with Gasteiger partial charge >= 0.3 is 88.7 Å². The van der Waals surface area contributed by atoms with Crippen LogP contribution >= 0.6 is 35.2 Å². The monoisotopic (exact) mass is 903 g/mol. The van der Waals surface area contributed by atoms with Crippen molar-refractivity contribution in [2.75, 3.05) is 37.8 Å². The van der Waals surface area contributed by atoms with E-state index in [2.05, 4.69) is 43.5 Å². The molecule has 2 aromatic rings. The van der Waals surface area contributed by atoms with Crippen LogP contribution in [-0.4, -0.2) is 108 Å². The van der Waals surface area contributed by atoms with Gasteiger partial charge < -0.3 is 64.5 Å². The minimum Gasteiger partial charge on any atom is -0.756 e. The van der Waals surface area contributed by atoms with Crippen molar-refractivity contribution in [2.24, 2.45) is 5.41 Å². The predicted molar refractivity (Wildman–Crippen MR) is 175 cm³/mol. The Morgan fingerprint density at radius 3 is 2.32 bits per heavy atom. The van der Waals surface area contributed by atoms with Crippen LogP contribution in [-0.2, 0) is 50.7 Å². The Morgan fingerprint density at radius 2 is 1.70 bits per heavy atom. The van der Waals surface area contributed by atoms with Gasteiger partial charge in [0.1, 0.15) is 36.3 Å². The summed E-state index contributed by atoms with van der Waals surface area (Å²) in [5, 5.41) is 26.1. The maximum Gasteiger partial charge on any atom is 1.00 e. The van der Waals surface area contributed by atoms with E-state index in [9.17, 15) is 57.9 Å². The predicted octanol–water partition coefficient (Wildman–Crippen LogP) is -11.4. The van der Waals surface area contributed by atoms with Gasteiger partial charge in [0.15, 0.2) is 22.8 Å². The zero-order chi connectivity index (χ0) is 39.8. The molecular weight excluding hydrogens is 864 g/mol. The summed E-state index contributed by atoms with van der Waals surface area (Å²) in [5.41, 5.74) is 4.11. The van der Waals surface area contributed by atoms with Crippen LogP contribution < -0.4 is 120 Å². The molecule has 24 nitrogen and oxygen atoms in total. The van der Waals surface area contributed by atoms with E-state index in [1.165, 1.54) is 13.8 Å². The standard InChI is InChI=1S/C25H42N7O17P3S.3Na/c1-4-5-16(34)53-9-8-27-15(33)6-7-28-23(37)20(36)25(2,3)11-46-52(43,44)49-51(41,42)45-10-14-19(48-50(38,39)40)18(35)24(47-14)32-13-31-17-21(26)29-12-30-22(17)32;;;/h12-14,18-20,24,35-36H,4-11H2,1-3H3,(H,27,33)(H,28,37)(H,41,42)(H,43,44)(H2,26,29,30)(H2,38,39,40);;;/q;3*+1/p-3/t14-,18-,19-,20+,24-;;;/m1.../s1. The Hall–Kier alpha value is 0.560. The number of carbonyl (C=O) groups excluding carboxylic acids is 3. The number of phosphoric ester groups is 3. The number of nitrogens with one attached hydrogen (secondary N) is 2. The molecule has 0 saturated carbocycles. The van der Waals surface area contributed by atoms with Gasteiger partial charge in [-0.2, -0.15) is 0 Å². The molecule has 1 aliphatic heterocycles. The van der Waals surface area contributed by atoms with E-state index in [-0.39, 0.29) is 130 Å². The van der Waals surface area contributed by atoms with E-state index in [1.54, 1.807) is 0 Å². The van der Waals surface area contributed by atoms with Gasteiger partial charge in [0.2, 0.25) is 11.8 Å². The Bertz CT molecular complexity index is 1760. The summed E-state index contributed by atoms with van der Waals surface area (Å²) in [4.78, 5) is 93.2. The molecule has 0 radical (unpaired) electrons. The smallest absolute Gasteiger partial charge is 0.756 e. The number of nitrogens with two attached hydrogens (primary N) is 1. The third-order valence-corrected chi connectivity index (χ3v) is 11.2. The Balaban J connectivity index is 0.0000101. The van der Waals surface area contributed by atoms with Gasteiger partial charge in [-0.3, -0.25) is 32.6 Å². The van der Waals surface area contributed by atoms with Gasteiger partial charge in [-0.1, -0.05) is 32.5 Å². The Kier molecular flexibility index (Phi) is 25.1. The normalized spacial score (nSPS) is 21.9. The number of nitrogen functional groups attached to an aromatic ring is 1. The van der Waals surface area contributed by atoms with Crippen LogP contribution in [0.25, 0.3) is 11.2 Å². The molecule has 0 spiro atoms. The molecule has 2 aromatic heterocycles. The number of ether oxygens (including phenoxy) is 1. The fraction of sp³-hybridized carbons (Fsp3) is 0.680. The van der Waals surface area contributed by atoms with Crippen molar-refractivity contribution >= 4 is 69.1 Å². The fourth-order valence-corrected chi connectivity index (χ4v) is 8.08. The summed E-state index contributed by atoms with van der Waals surface area (Å²) in [5.74, 6) is -1.14. The van der Waals surface area contributed by atoms with Crippen molar-refractivity contribution in [3.8, 4) is 0 Å². The molecule has 0 aliphatic carbocycles. The van der Waals surface area contributed by atoms with E-state index in [4.69, 9.17) is 10.5 Å². The molecule has 1 aliphatic rings. The van der Waals surface area contributed by atoms with E-state index in [0.29, 0.717) is 18.6 Å². The van der Waals surface area contributed by atoms with Crippen LogP contribution in [0.15, 0.2) is 12.7 Å². The average Bonchev–Trinajstić information content (AvgIpc) is 3.61. The van der Waals surface area contributed by atoms with Crippen LogP contribution in [0, 0.1) is 5.41 Å². The van der Waals surface area contributed by atoms with Gasteiger partial charge in [-0.25, -0.2) is 19.3 Å². The van der Waals surface area contributed by atoms with Crippen LogP contribution in [0.4, 0.5) is 5.82 Å². The van der Waals surface area contributed by atoms with Crippen molar-refractivity contribution in [2.45, 2.75) is 70.7 Å². The number of amides is 2. The molecule has 1 saturated heterocycles. The zero-order valence-electron chi connectivity index (χ0n) is 31.4. The first-order chi connectivity index (χ1) is 24.6. The molecular formula is C25H39N7Na3O17P3S. The number of fused-ring (bicyclic) bond motifs is 1. The third-order valence-electron chi connectivity index (χ3n) is 7.20. The molecule has 56 heavy (non-hydrogen) atoms. The van der Waals surface area contributed by atoms with Crippen molar-refractivity contribution in [1.82, 2.24) is 30.2 Å². The van der Waals surface area contributed by atoms with Crippen LogP contribution in [0.3, 0.4) is 0 Å². The minimum absolute atomic E-state index is 0. The van der Waals surface area contributed by atoms with Gasteiger partial charge in [0.25, 0.3) is 23.5 Å². The van der Waals surface area contributed by atoms with Gasteiger partial charge in [-0.15, -0.1) is 0 Å². The fourth-order valence-electron chi connectivity index (χ4n) is 4.55. The van der Waals surface area contributed by atoms with Gasteiger partial charge in [0, 0.05) is 37.1 Å². The molecule has 3 rings (SSSR count). The topological polar surface area (TPSA) is 372 Å². The summed E-state index contributed by atoms with van der Waals surface area (Å²) < 4.78 is 60.7. The Labute approximate surface area is 391 Å². The number of imidazole rings is 1. The molecule has 1 fully saturated rings. The molecule has 3 heterocycles. The number of phosphoric acid groups is 3. The van der Waals surface area contributed by atoms with Crippen LogP contribution in [0.5, 0.6) is 0 Å². The van der Waals surface area contributed by atoms with E-state index in [0.717, 1.165) is 29.0 Å². The van der Waals surface area contributed by atoms with E-state index in [1.807, 2.05) is 6.92 Å². The van der Waals surface area contributed by atoms with Crippen LogP contribution in [0.2, 0.25) is 0 Å². The van der Waals surface area contributed by atoms with Gasteiger partial charge in [-0.05, 0) is 6.42 Å².